The Labute approximate surface area is 120 Å². The third-order valence-electron chi connectivity index (χ3n) is 4.05. The number of hydrogen-bond donors (Lipinski definition) is 1. The average molecular weight is 277 g/mol. The van der Waals surface area contributed by atoms with E-state index >= 15 is 0 Å². The van der Waals surface area contributed by atoms with Crippen molar-refractivity contribution in [3.05, 3.63) is 29.3 Å². The summed E-state index contributed by atoms with van der Waals surface area (Å²) in [6, 6.07) is 6.23. The van der Waals surface area contributed by atoms with E-state index < -0.39 is 0 Å². The molecule has 1 aromatic rings. The third-order valence-corrected chi connectivity index (χ3v) is 4.05. The Morgan fingerprint density at radius 1 is 1.40 bits per heavy atom. The molecule has 0 aromatic heterocycles. The summed E-state index contributed by atoms with van der Waals surface area (Å²) >= 11 is 0. The van der Waals surface area contributed by atoms with Gasteiger partial charge in [0.15, 0.2) is 0 Å². The first-order chi connectivity index (χ1) is 9.57. The summed E-state index contributed by atoms with van der Waals surface area (Å²) in [5, 5.41) is 2.98. The van der Waals surface area contributed by atoms with Crippen molar-refractivity contribution in [3.63, 3.8) is 0 Å². The fourth-order valence-corrected chi connectivity index (χ4v) is 2.83. The maximum atomic E-state index is 11.3. The van der Waals surface area contributed by atoms with E-state index in [-0.39, 0.29) is 11.3 Å². The molecule has 4 nitrogen and oxygen atoms in total. The van der Waals surface area contributed by atoms with Crippen molar-refractivity contribution in [1.29, 1.82) is 0 Å². The van der Waals surface area contributed by atoms with Gasteiger partial charge in [-0.25, -0.2) is 0 Å². The Hall–Kier alpha value is -1.55. The minimum absolute atomic E-state index is 0.00230. The van der Waals surface area contributed by atoms with Crippen LogP contribution in [0.4, 0.5) is 0 Å². The second-order valence-electron chi connectivity index (χ2n) is 5.51. The number of nitrogens with one attached hydrogen (secondary N) is 1. The van der Waals surface area contributed by atoms with Gasteiger partial charge in [0.2, 0.25) is 5.91 Å². The number of benzene rings is 1. The first-order valence-corrected chi connectivity index (χ1v) is 7.05. The summed E-state index contributed by atoms with van der Waals surface area (Å²) in [7, 11) is 1.69. The maximum absolute atomic E-state index is 11.3. The van der Waals surface area contributed by atoms with E-state index in [9.17, 15) is 4.79 Å². The van der Waals surface area contributed by atoms with Gasteiger partial charge in [-0.05, 0) is 25.8 Å². The molecule has 0 radical (unpaired) electrons. The smallest absolute Gasteiger partial charge is 0.216 e. The van der Waals surface area contributed by atoms with Crippen molar-refractivity contribution in [2.24, 2.45) is 0 Å². The van der Waals surface area contributed by atoms with E-state index in [2.05, 4.69) is 18.3 Å². The number of ether oxygens (including phenoxy) is 2. The van der Waals surface area contributed by atoms with Gasteiger partial charge in [-0.3, -0.25) is 4.79 Å². The topological polar surface area (TPSA) is 47.6 Å². The fourth-order valence-electron chi connectivity index (χ4n) is 2.83. The van der Waals surface area contributed by atoms with Crippen LogP contribution in [0.15, 0.2) is 18.2 Å². The van der Waals surface area contributed by atoms with Crippen molar-refractivity contribution < 1.29 is 14.3 Å². The van der Waals surface area contributed by atoms with Gasteiger partial charge in [-0.15, -0.1) is 0 Å². The molecular weight excluding hydrogens is 254 g/mol. The molecule has 1 saturated heterocycles. The summed E-state index contributed by atoms with van der Waals surface area (Å²) in [6.45, 7) is 5.70. The van der Waals surface area contributed by atoms with Gasteiger partial charge in [0.25, 0.3) is 0 Å². The van der Waals surface area contributed by atoms with Crippen LogP contribution in [0.5, 0.6) is 5.75 Å². The summed E-state index contributed by atoms with van der Waals surface area (Å²) in [5.74, 6) is 0.894. The zero-order valence-electron chi connectivity index (χ0n) is 12.5. The van der Waals surface area contributed by atoms with Crippen LogP contribution in [0.1, 0.15) is 30.9 Å². The van der Waals surface area contributed by atoms with Crippen LogP contribution < -0.4 is 10.1 Å². The number of methoxy groups -OCH3 is 1. The second-order valence-corrected chi connectivity index (χ2v) is 5.51. The molecule has 2 rings (SSSR count). The summed E-state index contributed by atoms with van der Waals surface area (Å²) in [6.07, 6.45) is 1.79. The van der Waals surface area contributed by atoms with E-state index in [0.29, 0.717) is 6.54 Å². The van der Waals surface area contributed by atoms with Crippen LogP contribution in [-0.2, 0) is 14.9 Å². The molecule has 1 fully saturated rings. The summed E-state index contributed by atoms with van der Waals surface area (Å²) in [4.78, 5) is 11.3. The molecule has 0 atom stereocenters. The number of aryl methyl sites for hydroxylation is 1. The molecule has 0 bridgehead atoms. The Morgan fingerprint density at radius 3 is 2.70 bits per heavy atom. The third kappa shape index (κ3) is 3.12. The number of carbonyl (C=O) groups excluding carboxylic acids is 1. The Kier molecular flexibility index (Phi) is 4.65. The van der Waals surface area contributed by atoms with Gasteiger partial charge < -0.3 is 14.8 Å². The summed E-state index contributed by atoms with van der Waals surface area (Å²) < 4.78 is 11.0. The van der Waals surface area contributed by atoms with Crippen LogP contribution in [-0.4, -0.2) is 32.8 Å². The lowest BCUT2D eigenvalue weighted by Crippen LogP contribution is -2.44. The lowest BCUT2D eigenvalue weighted by Gasteiger charge is -2.38. The lowest BCUT2D eigenvalue weighted by molar-refractivity contribution is -0.119. The second kappa shape index (κ2) is 6.27. The largest absolute Gasteiger partial charge is 0.496 e. The molecule has 20 heavy (non-hydrogen) atoms. The monoisotopic (exact) mass is 277 g/mol. The predicted molar refractivity (Wildman–Crippen MR) is 78.1 cm³/mol. The van der Waals surface area contributed by atoms with E-state index in [1.165, 1.54) is 11.1 Å². The minimum Gasteiger partial charge on any atom is -0.496 e. The van der Waals surface area contributed by atoms with Crippen LogP contribution >= 0.6 is 0 Å². The zero-order valence-corrected chi connectivity index (χ0v) is 12.5. The van der Waals surface area contributed by atoms with E-state index in [0.717, 1.165) is 31.8 Å². The highest BCUT2D eigenvalue weighted by Gasteiger charge is 2.37. The fraction of sp³-hybridized carbons (Fsp3) is 0.562. The van der Waals surface area contributed by atoms with E-state index in [4.69, 9.17) is 9.47 Å². The molecule has 1 amide bonds. The predicted octanol–water partition coefficient (Wildman–Crippen LogP) is 2.19. The zero-order chi connectivity index (χ0) is 14.6. The van der Waals surface area contributed by atoms with Crippen LogP contribution in [0.25, 0.3) is 0 Å². The van der Waals surface area contributed by atoms with Gasteiger partial charge >= 0.3 is 0 Å². The molecule has 0 aliphatic carbocycles. The van der Waals surface area contributed by atoms with Gasteiger partial charge in [-0.2, -0.15) is 0 Å². The van der Waals surface area contributed by atoms with Crippen molar-refractivity contribution in [3.8, 4) is 5.75 Å². The molecule has 110 valence electrons. The Balaban J connectivity index is 2.39. The number of amides is 1. The molecule has 0 saturated carbocycles. The first-order valence-electron chi connectivity index (χ1n) is 7.05. The van der Waals surface area contributed by atoms with Crippen LogP contribution in [0.2, 0.25) is 0 Å². The minimum atomic E-state index is -0.0959. The highest BCUT2D eigenvalue weighted by molar-refractivity contribution is 5.73. The molecule has 1 heterocycles. The van der Waals surface area contributed by atoms with Crippen LogP contribution in [0, 0.1) is 6.92 Å². The normalized spacial score (nSPS) is 17.6. The SMILES string of the molecule is COc1ccc(C)cc1C1(CNC(C)=O)CCOCC1. The van der Waals surface area contributed by atoms with Crippen molar-refractivity contribution >= 4 is 5.91 Å². The number of hydrogen-bond acceptors (Lipinski definition) is 3. The number of carbonyl (C=O) groups is 1. The molecule has 1 aliphatic rings. The molecule has 4 heteroatoms. The molecular formula is C16H23NO3. The highest BCUT2D eigenvalue weighted by Crippen LogP contribution is 2.39. The van der Waals surface area contributed by atoms with E-state index in [1.807, 2.05) is 12.1 Å². The van der Waals surface area contributed by atoms with Crippen LogP contribution in [0.3, 0.4) is 0 Å². The van der Waals surface area contributed by atoms with Gasteiger partial charge in [0.05, 0.1) is 7.11 Å². The number of rotatable bonds is 4. The standard InChI is InChI=1S/C16H23NO3/c1-12-4-5-15(19-3)14(10-12)16(11-17-13(2)18)6-8-20-9-7-16/h4-5,10H,6-9,11H2,1-3H3,(H,17,18). The van der Waals surface area contributed by atoms with Crippen molar-refractivity contribution in [2.75, 3.05) is 26.9 Å². The van der Waals surface area contributed by atoms with Gasteiger partial charge in [0.1, 0.15) is 5.75 Å². The lowest BCUT2D eigenvalue weighted by atomic mass is 9.73. The molecule has 1 aromatic carbocycles. The van der Waals surface area contributed by atoms with Crippen molar-refractivity contribution in [2.45, 2.75) is 32.1 Å². The van der Waals surface area contributed by atoms with Crippen molar-refractivity contribution in [1.82, 2.24) is 5.32 Å². The molecule has 0 unspecified atom stereocenters. The summed E-state index contributed by atoms with van der Waals surface area (Å²) in [5.41, 5.74) is 2.29. The van der Waals surface area contributed by atoms with Gasteiger partial charge in [0, 0.05) is 37.7 Å². The van der Waals surface area contributed by atoms with E-state index in [1.54, 1.807) is 14.0 Å². The Morgan fingerprint density at radius 2 is 2.10 bits per heavy atom. The first kappa shape index (κ1) is 14.9. The highest BCUT2D eigenvalue weighted by atomic mass is 16.5. The molecule has 1 aliphatic heterocycles. The Bertz CT molecular complexity index is 479. The average Bonchev–Trinajstić information content (AvgIpc) is 2.46. The van der Waals surface area contributed by atoms with Gasteiger partial charge in [-0.1, -0.05) is 17.7 Å². The molecule has 1 N–H and O–H groups in total. The maximum Gasteiger partial charge on any atom is 0.216 e. The quantitative estimate of drug-likeness (QED) is 0.917. The molecule has 0 spiro atoms.